The van der Waals surface area contributed by atoms with E-state index in [-0.39, 0.29) is 0 Å². The third-order valence-electron chi connectivity index (χ3n) is 2.89. The van der Waals surface area contributed by atoms with Crippen molar-refractivity contribution in [3.63, 3.8) is 0 Å². The maximum Gasteiger partial charge on any atom is 0.146 e. The van der Waals surface area contributed by atoms with Crippen LogP contribution in [0.4, 0.5) is 0 Å². The van der Waals surface area contributed by atoms with Gasteiger partial charge in [-0.15, -0.1) is 0 Å². The molecule has 1 heterocycles. The molecule has 0 saturated heterocycles. The zero-order valence-corrected chi connectivity index (χ0v) is 8.99. The summed E-state index contributed by atoms with van der Waals surface area (Å²) in [5.74, 6) is 7.08. The lowest BCUT2D eigenvalue weighted by Gasteiger charge is -2.08. The van der Waals surface area contributed by atoms with Crippen molar-refractivity contribution >= 4 is 5.84 Å². The number of aryl methyl sites for hydroxylation is 1. The zero-order chi connectivity index (χ0) is 10.7. The Bertz CT molecular complexity index is 350. The number of nitrogens with two attached hydrogens (primary N) is 1. The van der Waals surface area contributed by atoms with Crippen molar-refractivity contribution in [1.82, 2.24) is 5.43 Å². The monoisotopic (exact) mass is 207 g/mol. The fourth-order valence-corrected chi connectivity index (χ4v) is 2.03. The maximum absolute atomic E-state index is 5.49. The van der Waals surface area contributed by atoms with Crippen LogP contribution < -0.4 is 11.3 Å². The van der Waals surface area contributed by atoms with Crippen LogP contribution in [0.3, 0.4) is 0 Å². The Labute approximate surface area is 89.5 Å². The standard InChI is InChI=1S/C11H17N3O/c1-8-10(6-7-15-8)11(14-12)13-9-4-2-3-5-9/h6-7,9H,2-5,12H2,1H3,(H,13,14). The minimum absolute atomic E-state index is 0.422. The average molecular weight is 207 g/mol. The molecule has 2 rings (SSSR count). The molecule has 0 amide bonds. The molecule has 3 N–H and O–H groups in total. The van der Waals surface area contributed by atoms with Crippen LogP contribution in [0.15, 0.2) is 21.7 Å². The number of aliphatic imine (C=N–C) groups is 1. The molecular formula is C11H17N3O. The number of rotatable bonds is 2. The molecule has 0 spiro atoms. The van der Waals surface area contributed by atoms with Crippen LogP contribution in [0.25, 0.3) is 0 Å². The van der Waals surface area contributed by atoms with E-state index >= 15 is 0 Å². The summed E-state index contributed by atoms with van der Waals surface area (Å²) >= 11 is 0. The second-order valence-electron chi connectivity index (χ2n) is 3.95. The van der Waals surface area contributed by atoms with Gasteiger partial charge in [-0.2, -0.15) is 0 Å². The van der Waals surface area contributed by atoms with E-state index < -0.39 is 0 Å². The van der Waals surface area contributed by atoms with Crippen LogP contribution in [0, 0.1) is 6.92 Å². The Morgan fingerprint density at radius 1 is 1.53 bits per heavy atom. The average Bonchev–Trinajstić information content (AvgIpc) is 2.85. The number of furan rings is 1. The lowest BCUT2D eigenvalue weighted by atomic mass is 10.2. The molecule has 4 heteroatoms. The first-order valence-electron chi connectivity index (χ1n) is 5.40. The van der Waals surface area contributed by atoms with Gasteiger partial charge in [-0.05, 0) is 25.8 Å². The molecule has 0 aromatic carbocycles. The SMILES string of the molecule is Cc1occc1C(=NC1CCCC1)NN. The van der Waals surface area contributed by atoms with E-state index in [4.69, 9.17) is 10.3 Å². The van der Waals surface area contributed by atoms with Gasteiger partial charge in [-0.25, -0.2) is 5.84 Å². The van der Waals surface area contributed by atoms with Gasteiger partial charge in [0.05, 0.1) is 17.9 Å². The molecule has 1 aliphatic carbocycles. The molecule has 0 bridgehead atoms. The van der Waals surface area contributed by atoms with Crippen molar-refractivity contribution in [1.29, 1.82) is 0 Å². The number of hydrogen-bond acceptors (Lipinski definition) is 3. The highest BCUT2D eigenvalue weighted by Gasteiger charge is 2.16. The molecule has 1 saturated carbocycles. The predicted molar refractivity (Wildman–Crippen MR) is 59.6 cm³/mol. The molecule has 0 aliphatic heterocycles. The molecule has 1 aliphatic rings. The topological polar surface area (TPSA) is 63.5 Å². The van der Waals surface area contributed by atoms with E-state index in [0.29, 0.717) is 6.04 Å². The Balaban J connectivity index is 2.19. The molecular weight excluding hydrogens is 190 g/mol. The van der Waals surface area contributed by atoms with Crippen LogP contribution in [0.5, 0.6) is 0 Å². The Hall–Kier alpha value is -1.29. The quantitative estimate of drug-likeness (QED) is 0.336. The molecule has 82 valence electrons. The summed E-state index contributed by atoms with van der Waals surface area (Å²) in [7, 11) is 0. The summed E-state index contributed by atoms with van der Waals surface area (Å²) in [5, 5.41) is 0. The van der Waals surface area contributed by atoms with Crippen molar-refractivity contribution < 1.29 is 4.42 Å². The summed E-state index contributed by atoms with van der Waals surface area (Å²) in [5.41, 5.74) is 3.62. The first-order chi connectivity index (χ1) is 7.31. The van der Waals surface area contributed by atoms with Gasteiger partial charge in [0.15, 0.2) is 0 Å². The first-order valence-corrected chi connectivity index (χ1v) is 5.40. The third-order valence-corrected chi connectivity index (χ3v) is 2.89. The van der Waals surface area contributed by atoms with Crippen LogP contribution in [-0.2, 0) is 0 Å². The van der Waals surface area contributed by atoms with Gasteiger partial charge in [-0.1, -0.05) is 12.8 Å². The van der Waals surface area contributed by atoms with Gasteiger partial charge in [-0.3, -0.25) is 4.99 Å². The van der Waals surface area contributed by atoms with Crippen LogP contribution in [0.2, 0.25) is 0 Å². The lowest BCUT2D eigenvalue weighted by molar-refractivity contribution is 0.533. The molecule has 1 aromatic rings. The highest BCUT2D eigenvalue weighted by molar-refractivity contribution is 5.99. The van der Waals surface area contributed by atoms with E-state index in [1.807, 2.05) is 13.0 Å². The van der Waals surface area contributed by atoms with Crippen molar-refractivity contribution in [2.24, 2.45) is 10.8 Å². The number of amidine groups is 1. The van der Waals surface area contributed by atoms with Gasteiger partial charge in [0, 0.05) is 0 Å². The summed E-state index contributed by atoms with van der Waals surface area (Å²) in [6, 6.07) is 2.31. The maximum atomic E-state index is 5.49. The minimum atomic E-state index is 0.422. The van der Waals surface area contributed by atoms with Crippen molar-refractivity contribution in [3.8, 4) is 0 Å². The van der Waals surface area contributed by atoms with Crippen molar-refractivity contribution in [2.75, 3.05) is 0 Å². The van der Waals surface area contributed by atoms with Crippen LogP contribution >= 0.6 is 0 Å². The number of nitrogens with zero attached hydrogens (tertiary/aromatic N) is 1. The Kier molecular flexibility index (Phi) is 3.06. The van der Waals surface area contributed by atoms with E-state index in [2.05, 4.69) is 10.4 Å². The summed E-state index contributed by atoms with van der Waals surface area (Å²) < 4.78 is 5.24. The molecule has 0 unspecified atom stereocenters. The van der Waals surface area contributed by atoms with E-state index in [9.17, 15) is 0 Å². The third kappa shape index (κ3) is 2.21. The lowest BCUT2D eigenvalue weighted by Crippen LogP contribution is -2.32. The van der Waals surface area contributed by atoms with Gasteiger partial charge < -0.3 is 9.84 Å². The molecule has 1 fully saturated rings. The molecule has 0 radical (unpaired) electrons. The predicted octanol–water partition coefficient (Wildman–Crippen LogP) is 1.74. The van der Waals surface area contributed by atoms with Gasteiger partial charge in [0.25, 0.3) is 0 Å². The Morgan fingerprint density at radius 2 is 2.27 bits per heavy atom. The fraction of sp³-hybridized carbons (Fsp3) is 0.545. The number of hydrazine groups is 1. The van der Waals surface area contributed by atoms with Crippen molar-refractivity contribution in [3.05, 3.63) is 23.7 Å². The molecule has 15 heavy (non-hydrogen) atoms. The summed E-state index contributed by atoms with van der Waals surface area (Å²) in [6.07, 6.45) is 6.54. The van der Waals surface area contributed by atoms with Crippen molar-refractivity contribution in [2.45, 2.75) is 38.6 Å². The van der Waals surface area contributed by atoms with E-state index in [0.717, 1.165) is 17.2 Å². The summed E-state index contributed by atoms with van der Waals surface area (Å²) in [4.78, 5) is 4.62. The second-order valence-corrected chi connectivity index (χ2v) is 3.95. The largest absolute Gasteiger partial charge is 0.469 e. The second kappa shape index (κ2) is 4.49. The first kappa shape index (κ1) is 10.2. The van der Waals surface area contributed by atoms with Crippen LogP contribution in [0.1, 0.15) is 37.0 Å². The van der Waals surface area contributed by atoms with E-state index in [1.165, 1.54) is 25.7 Å². The fourth-order valence-electron chi connectivity index (χ4n) is 2.03. The van der Waals surface area contributed by atoms with Gasteiger partial charge in [0.1, 0.15) is 11.6 Å². The number of nitrogens with one attached hydrogen (secondary N) is 1. The normalized spacial score (nSPS) is 18.4. The van der Waals surface area contributed by atoms with E-state index in [1.54, 1.807) is 6.26 Å². The minimum Gasteiger partial charge on any atom is -0.469 e. The van der Waals surface area contributed by atoms with Crippen LogP contribution in [-0.4, -0.2) is 11.9 Å². The molecule has 4 nitrogen and oxygen atoms in total. The molecule has 0 atom stereocenters. The van der Waals surface area contributed by atoms with Gasteiger partial charge >= 0.3 is 0 Å². The smallest absolute Gasteiger partial charge is 0.146 e. The zero-order valence-electron chi connectivity index (χ0n) is 8.99. The summed E-state index contributed by atoms with van der Waals surface area (Å²) in [6.45, 7) is 1.91. The highest BCUT2D eigenvalue weighted by Crippen LogP contribution is 2.22. The molecule has 1 aromatic heterocycles. The highest BCUT2D eigenvalue weighted by atomic mass is 16.3. The van der Waals surface area contributed by atoms with Gasteiger partial charge in [0.2, 0.25) is 0 Å². The number of hydrogen-bond donors (Lipinski definition) is 2. The Morgan fingerprint density at radius 3 is 2.80 bits per heavy atom.